The van der Waals surface area contributed by atoms with Crippen LogP contribution in [-0.2, 0) is 15.7 Å². The summed E-state index contributed by atoms with van der Waals surface area (Å²) in [6.45, 7) is 2.19. The number of nitrogens with one attached hydrogen (secondary N) is 2. The number of piperidine rings is 1. The summed E-state index contributed by atoms with van der Waals surface area (Å²) in [7, 11) is 1.70. The zero-order chi connectivity index (χ0) is 25.0. The van der Waals surface area contributed by atoms with Gasteiger partial charge in [-0.1, -0.05) is 0 Å². The number of alkyl halides is 3. The van der Waals surface area contributed by atoms with Gasteiger partial charge in [0.1, 0.15) is 6.04 Å². The molecule has 4 rings (SSSR count). The monoisotopic (exact) mass is 490 g/mol. The third-order valence-electron chi connectivity index (χ3n) is 6.44. The van der Waals surface area contributed by atoms with Crippen molar-refractivity contribution in [1.82, 2.24) is 5.32 Å². The van der Waals surface area contributed by atoms with Gasteiger partial charge in [-0.05, 0) is 74.2 Å². The first kappa shape index (κ1) is 24.8. The average Bonchev–Trinajstić information content (AvgIpc) is 3.29. The molecule has 2 saturated heterocycles. The molecule has 2 aliphatic rings. The standard InChI is InChI=1S/C25H29F3N4O3/c1-35-16-21-4-2-14-31(21)19-10-12-20(13-11-19)32-15-3-5-22(23(32)33)30-24(34)29-18-8-6-17(7-9-18)25(26,27)28/h6-13,21-22H,2-5,14-16H2,1H3,(H2,29,30,34)/t21-,22+/m0/s1. The van der Waals surface area contributed by atoms with Crippen molar-refractivity contribution in [1.29, 1.82) is 0 Å². The lowest BCUT2D eigenvalue weighted by Gasteiger charge is -2.33. The van der Waals surface area contributed by atoms with Gasteiger partial charge in [0.05, 0.1) is 18.2 Å². The molecule has 2 atom stereocenters. The molecule has 0 spiro atoms. The summed E-state index contributed by atoms with van der Waals surface area (Å²) in [6, 6.07) is 11.0. The van der Waals surface area contributed by atoms with E-state index in [1.54, 1.807) is 12.0 Å². The van der Waals surface area contributed by atoms with Gasteiger partial charge in [-0.25, -0.2) is 4.79 Å². The van der Waals surface area contributed by atoms with Crippen molar-refractivity contribution in [3.8, 4) is 0 Å². The van der Waals surface area contributed by atoms with Gasteiger partial charge in [0.25, 0.3) is 0 Å². The highest BCUT2D eigenvalue weighted by molar-refractivity contribution is 6.01. The van der Waals surface area contributed by atoms with Crippen LogP contribution >= 0.6 is 0 Å². The largest absolute Gasteiger partial charge is 0.416 e. The average molecular weight is 491 g/mol. The second kappa shape index (κ2) is 10.6. The third-order valence-corrected chi connectivity index (χ3v) is 6.44. The Labute approximate surface area is 202 Å². The quantitative estimate of drug-likeness (QED) is 0.619. The maximum atomic E-state index is 13.1. The number of carbonyl (C=O) groups is 2. The summed E-state index contributed by atoms with van der Waals surface area (Å²) in [5, 5.41) is 5.14. The van der Waals surface area contributed by atoms with Gasteiger partial charge in [0.2, 0.25) is 5.91 Å². The Balaban J connectivity index is 1.36. The van der Waals surface area contributed by atoms with Crippen molar-refractivity contribution in [3.05, 3.63) is 54.1 Å². The summed E-state index contributed by atoms with van der Waals surface area (Å²) < 4.78 is 43.5. The SMILES string of the molecule is COC[C@@H]1CCCN1c1ccc(N2CCC[C@@H](NC(=O)Nc3ccc(C(F)(F)F)cc3)C2=O)cc1. The highest BCUT2D eigenvalue weighted by Crippen LogP contribution is 2.31. The summed E-state index contributed by atoms with van der Waals surface area (Å²) in [4.78, 5) is 29.5. The van der Waals surface area contributed by atoms with E-state index in [0.717, 1.165) is 42.9 Å². The molecule has 0 unspecified atom stereocenters. The molecule has 2 heterocycles. The van der Waals surface area contributed by atoms with Gasteiger partial charge in [-0.3, -0.25) is 4.79 Å². The molecule has 188 valence electrons. The van der Waals surface area contributed by atoms with Crippen molar-refractivity contribution < 1.29 is 27.5 Å². The molecule has 7 nitrogen and oxygen atoms in total. The minimum atomic E-state index is -4.45. The first-order valence-corrected chi connectivity index (χ1v) is 11.7. The molecule has 2 N–H and O–H groups in total. The van der Waals surface area contributed by atoms with Crippen LogP contribution in [0.25, 0.3) is 0 Å². The smallest absolute Gasteiger partial charge is 0.383 e. The van der Waals surface area contributed by atoms with Crippen LogP contribution in [0.15, 0.2) is 48.5 Å². The minimum absolute atomic E-state index is 0.208. The van der Waals surface area contributed by atoms with E-state index in [-0.39, 0.29) is 11.6 Å². The number of anilines is 3. The van der Waals surface area contributed by atoms with E-state index < -0.39 is 23.8 Å². The molecule has 0 radical (unpaired) electrons. The number of hydrogen-bond acceptors (Lipinski definition) is 4. The van der Waals surface area contributed by atoms with Crippen LogP contribution in [-0.4, -0.2) is 50.8 Å². The second-order valence-electron chi connectivity index (χ2n) is 8.82. The Bertz CT molecular complexity index is 1030. The first-order chi connectivity index (χ1) is 16.8. The van der Waals surface area contributed by atoms with Crippen LogP contribution < -0.4 is 20.4 Å². The lowest BCUT2D eigenvalue weighted by atomic mass is 10.0. The fraction of sp³-hybridized carbons (Fsp3) is 0.440. The van der Waals surface area contributed by atoms with Gasteiger partial charge >= 0.3 is 12.2 Å². The number of urea groups is 1. The Kier molecular flexibility index (Phi) is 7.49. The molecular weight excluding hydrogens is 461 g/mol. The highest BCUT2D eigenvalue weighted by atomic mass is 19.4. The van der Waals surface area contributed by atoms with Gasteiger partial charge in [0.15, 0.2) is 0 Å². The number of amides is 3. The predicted octanol–water partition coefficient (Wildman–Crippen LogP) is 4.64. The number of hydrogen-bond donors (Lipinski definition) is 2. The molecule has 10 heteroatoms. The van der Waals surface area contributed by atoms with E-state index in [2.05, 4.69) is 15.5 Å². The normalized spacial score (nSPS) is 20.7. The number of rotatable bonds is 6. The van der Waals surface area contributed by atoms with Crippen molar-refractivity contribution in [2.24, 2.45) is 0 Å². The summed E-state index contributed by atoms with van der Waals surface area (Å²) in [6.07, 6.45) is -1.05. The van der Waals surface area contributed by atoms with Crippen LogP contribution in [0.3, 0.4) is 0 Å². The van der Waals surface area contributed by atoms with Crippen molar-refractivity contribution >= 4 is 29.0 Å². The fourth-order valence-electron chi connectivity index (χ4n) is 4.70. The zero-order valence-corrected chi connectivity index (χ0v) is 19.5. The van der Waals surface area contributed by atoms with E-state index in [1.165, 1.54) is 12.1 Å². The van der Waals surface area contributed by atoms with Crippen LogP contribution in [0.1, 0.15) is 31.2 Å². The summed E-state index contributed by atoms with van der Waals surface area (Å²) >= 11 is 0. The van der Waals surface area contributed by atoms with Crippen LogP contribution in [0.5, 0.6) is 0 Å². The van der Waals surface area contributed by atoms with Gasteiger partial charge in [0, 0.05) is 37.3 Å². The number of methoxy groups -OCH3 is 1. The molecule has 2 aliphatic heterocycles. The summed E-state index contributed by atoms with van der Waals surface area (Å²) in [5.74, 6) is -0.218. The summed E-state index contributed by atoms with van der Waals surface area (Å²) in [5.41, 5.74) is 1.26. The number of halogens is 3. The van der Waals surface area contributed by atoms with Crippen molar-refractivity contribution in [2.45, 2.75) is 43.9 Å². The maximum absolute atomic E-state index is 13.1. The lowest BCUT2D eigenvalue weighted by Crippen LogP contribution is -2.53. The Morgan fingerprint density at radius 1 is 1.00 bits per heavy atom. The van der Waals surface area contributed by atoms with E-state index in [9.17, 15) is 22.8 Å². The third kappa shape index (κ3) is 5.87. The van der Waals surface area contributed by atoms with Crippen LogP contribution in [0.2, 0.25) is 0 Å². The second-order valence-corrected chi connectivity index (χ2v) is 8.82. The molecule has 35 heavy (non-hydrogen) atoms. The number of ether oxygens (including phenoxy) is 1. The first-order valence-electron chi connectivity index (χ1n) is 11.7. The molecule has 3 amide bonds. The Morgan fingerprint density at radius 2 is 1.66 bits per heavy atom. The van der Waals surface area contributed by atoms with Gasteiger partial charge in [-0.2, -0.15) is 13.2 Å². The predicted molar refractivity (Wildman–Crippen MR) is 128 cm³/mol. The molecule has 2 aromatic rings. The maximum Gasteiger partial charge on any atom is 0.416 e. The molecule has 0 aromatic heterocycles. The highest BCUT2D eigenvalue weighted by Gasteiger charge is 2.32. The van der Waals surface area contributed by atoms with Gasteiger partial charge < -0.3 is 25.2 Å². The molecule has 0 bridgehead atoms. The Hall–Kier alpha value is -3.27. The van der Waals surface area contributed by atoms with Crippen molar-refractivity contribution in [2.75, 3.05) is 41.9 Å². The molecule has 0 aliphatic carbocycles. The number of carbonyl (C=O) groups excluding carboxylic acids is 2. The van der Waals surface area contributed by atoms with E-state index in [4.69, 9.17) is 4.74 Å². The van der Waals surface area contributed by atoms with E-state index in [1.807, 2.05) is 24.3 Å². The number of nitrogens with zero attached hydrogens (tertiary/aromatic N) is 2. The van der Waals surface area contributed by atoms with Crippen LogP contribution in [0.4, 0.5) is 35.0 Å². The molecule has 2 aromatic carbocycles. The van der Waals surface area contributed by atoms with Crippen LogP contribution in [0, 0.1) is 0 Å². The topological polar surface area (TPSA) is 73.9 Å². The van der Waals surface area contributed by atoms with E-state index >= 15 is 0 Å². The van der Waals surface area contributed by atoms with Gasteiger partial charge in [-0.15, -0.1) is 0 Å². The minimum Gasteiger partial charge on any atom is -0.383 e. The fourth-order valence-corrected chi connectivity index (χ4v) is 4.70. The Morgan fingerprint density at radius 3 is 2.31 bits per heavy atom. The lowest BCUT2D eigenvalue weighted by molar-refractivity contribution is -0.137. The molecular formula is C25H29F3N4O3. The molecule has 2 fully saturated rings. The van der Waals surface area contributed by atoms with Crippen molar-refractivity contribution in [3.63, 3.8) is 0 Å². The van der Waals surface area contributed by atoms with E-state index in [0.29, 0.717) is 32.0 Å². The molecule has 0 saturated carbocycles. The number of benzene rings is 2. The zero-order valence-electron chi connectivity index (χ0n) is 19.5.